The average molecular weight is 319 g/mol. The molecular formula is C17H21NO3S. The number of aromatic nitrogens is 1. The van der Waals surface area contributed by atoms with Gasteiger partial charge >= 0.3 is 5.97 Å². The number of carbonyl (C=O) groups is 1. The predicted molar refractivity (Wildman–Crippen MR) is 87.9 cm³/mol. The monoisotopic (exact) mass is 319 g/mol. The van der Waals surface area contributed by atoms with Crippen LogP contribution < -0.4 is 4.74 Å². The maximum Gasteiger partial charge on any atom is 0.347 e. The van der Waals surface area contributed by atoms with E-state index in [1.165, 1.54) is 11.3 Å². The Morgan fingerprint density at radius 1 is 1.23 bits per heavy atom. The Balaban J connectivity index is 1.77. The summed E-state index contributed by atoms with van der Waals surface area (Å²) in [6, 6.07) is 9.75. The lowest BCUT2D eigenvalue weighted by Gasteiger charge is -2.04. The lowest BCUT2D eigenvalue weighted by atomic mass is 10.2. The van der Waals surface area contributed by atoms with E-state index < -0.39 is 5.97 Å². The van der Waals surface area contributed by atoms with Crippen LogP contribution in [0.1, 0.15) is 46.6 Å². The number of hydrogen-bond acceptors (Lipinski definition) is 4. The van der Waals surface area contributed by atoms with Gasteiger partial charge in [0.25, 0.3) is 0 Å². The van der Waals surface area contributed by atoms with E-state index >= 15 is 0 Å². The number of ether oxygens (including phenoxy) is 1. The van der Waals surface area contributed by atoms with Crippen molar-refractivity contribution in [2.45, 2.75) is 39.0 Å². The molecule has 0 aliphatic heterocycles. The fourth-order valence-electron chi connectivity index (χ4n) is 2.17. The van der Waals surface area contributed by atoms with Gasteiger partial charge in [0.15, 0.2) is 0 Å². The van der Waals surface area contributed by atoms with Crippen LogP contribution in [0.15, 0.2) is 30.3 Å². The lowest BCUT2D eigenvalue weighted by Crippen LogP contribution is -1.98. The van der Waals surface area contributed by atoms with Crippen molar-refractivity contribution >= 4 is 17.3 Å². The molecule has 0 unspecified atom stereocenters. The Morgan fingerprint density at radius 2 is 2.00 bits per heavy atom. The molecule has 118 valence electrons. The number of rotatable bonds is 9. The van der Waals surface area contributed by atoms with Gasteiger partial charge in [-0.15, -0.1) is 11.3 Å². The Bertz CT molecular complexity index is 595. The van der Waals surface area contributed by atoms with Crippen molar-refractivity contribution < 1.29 is 14.6 Å². The fraction of sp³-hybridized carbons (Fsp3) is 0.412. The third-order valence-corrected chi connectivity index (χ3v) is 4.37. The van der Waals surface area contributed by atoms with E-state index in [0.29, 0.717) is 11.5 Å². The molecule has 0 aliphatic rings. The minimum absolute atomic E-state index is 0.400. The highest BCUT2D eigenvalue weighted by Crippen LogP contribution is 2.21. The normalized spacial score (nSPS) is 10.6. The number of carboxylic acid groups (broad SMARTS) is 1. The average Bonchev–Trinajstić information content (AvgIpc) is 2.92. The number of unbranched alkanes of at least 4 members (excludes halogenated alkanes) is 1. The SMILES string of the molecule is CCCc1nc(CCCCOc2ccccc2)sc1C(=O)O. The van der Waals surface area contributed by atoms with E-state index in [1.54, 1.807) is 0 Å². The third kappa shape index (κ3) is 4.84. The molecule has 1 heterocycles. The van der Waals surface area contributed by atoms with Gasteiger partial charge in [-0.3, -0.25) is 0 Å². The van der Waals surface area contributed by atoms with E-state index in [9.17, 15) is 9.90 Å². The maximum absolute atomic E-state index is 11.2. The van der Waals surface area contributed by atoms with Crippen LogP contribution in [0.4, 0.5) is 0 Å². The van der Waals surface area contributed by atoms with Crippen molar-refractivity contribution in [3.05, 3.63) is 45.9 Å². The maximum atomic E-state index is 11.2. The second-order valence-corrected chi connectivity index (χ2v) is 6.14. The summed E-state index contributed by atoms with van der Waals surface area (Å²) in [6.45, 7) is 2.70. The van der Waals surface area contributed by atoms with E-state index in [-0.39, 0.29) is 0 Å². The van der Waals surface area contributed by atoms with Gasteiger partial charge in [-0.1, -0.05) is 31.5 Å². The summed E-state index contributed by atoms with van der Waals surface area (Å²) >= 11 is 1.31. The molecule has 1 aromatic heterocycles. The first-order valence-electron chi connectivity index (χ1n) is 7.60. The molecule has 0 amide bonds. The summed E-state index contributed by atoms with van der Waals surface area (Å²) in [5.41, 5.74) is 0.732. The minimum Gasteiger partial charge on any atom is -0.494 e. The van der Waals surface area contributed by atoms with Crippen molar-refractivity contribution in [3.63, 3.8) is 0 Å². The molecule has 1 N–H and O–H groups in total. The first-order valence-corrected chi connectivity index (χ1v) is 8.42. The second kappa shape index (κ2) is 8.54. The standard InChI is InChI=1S/C17H21NO3S/c1-2-8-14-16(17(19)20)22-15(18-14)11-6-7-12-21-13-9-4-3-5-10-13/h3-5,9-10H,2,6-8,11-12H2,1H3,(H,19,20). The van der Waals surface area contributed by atoms with Gasteiger partial charge in [0, 0.05) is 0 Å². The van der Waals surface area contributed by atoms with Gasteiger partial charge in [0.05, 0.1) is 17.3 Å². The highest BCUT2D eigenvalue weighted by Gasteiger charge is 2.16. The van der Waals surface area contributed by atoms with Crippen LogP contribution in [0.3, 0.4) is 0 Å². The molecule has 2 rings (SSSR count). The number of hydrogen-bond donors (Lipinski definition) is 1. The molecule has 0 fully saturated rings. The van der Waals surface area contributed by atoms with Gasteiger partial charge in [0.1, 0.15) is 10.6 Å². The Morgan fingerprint density at radius 3 is 2.68 bits per heavy atom. The topological polar surface area (TPSA) is 59.4 Å². The Kier molecular flexibility index (Phi) is 6.40. The zero-order valence-electron chi connectivity index (χ0n) is 12.7. The van der Waals surface area contributed by atoms with Crippen molar-refractivity contribution in [1.82, 2.24) is 4.98 Å². The van der Waals surface area contributed by atoms with Crippen molar-refractivity contribution in [3.8, 4) is 5.75 Å². The number of para-hydroxylation sites is 1. The number of thiazole rings is 1. The largest absolute Gasteiger partial charge is 0.494 e. The highest BCUT2D eigenvalue weighted by atomic mass is 32.1. The molecule has 5 heteroatoms. The molecule has 0 saturated heterocycles. The zero-order chi connectivity index (χ0) is 15.8. The van der Waals surface area contributed by atoms with E-state index in [0.717, 1.165) is 48.6 Å². The summed E-state index contributed by atoms with van der Waals surface area (Å²) < 4.78 is 5.64. The molecule has 0 aliphatic carbocycles. The van der Waals surface area contributed by atoms with Crippen molar-refractivity contribution in [2.24, 2.45) is 0 Å². The second-order valence-electron chi connectivity index (χ2n) is 5.06. The molecule has 4 nitrogen and oxygen atoms in total. The number of benzene rings is 1. The van der Waals surface area contributed by atoms with Crippen LogP contribution in [-0.2, 0) is 12.8 Å². The summed E-state index contributed by atoms with van der Waals surface area (Å²) in [5, 5.41) is 10.1. The molecule has 0 radical (unpaired) electrons. The molecule has 0 atom stereocenters. The van der Waals surface area contributed by atoms with E-state index in [4.69, 9.17) is 4.74 Å². The third-order valence-electron chi connectivity index (χ3n) is 3.22. The smallest absolute Gasteiger partial charge is 0.347 e. The molecule has 0 saturated carbocycles. The van der Waals surface area contributed by atoms with Gasteiger partial charge in [-0.2, -0.15) is 0 Å². The van der Waals surface area contributed by atoms with Gasteiger partial charge in [-0.25, -0.2) is 9.78 Å². The zero-order valence-corrected chi connectivity index (χ0v) is 13.6. The van der Waals surface area contributed by atoms with Gasteiger partial charge < -0.3 is 9.84 Å². The predicted octanol–water partition coefficient (Wildman–Crippen LogP) is 4.20. The first kappa shape index (κ1) is 16.5. The Hall–Kier alpha value is -1.88. The summed E-state index contributed by atoms with van der Waals surface area (Å²) in [5.74, 6) is 0.0229. The molecule has 0 spiro atoms. The quantitative estimate of drug-likeness (QED) is 0.704. The van der Waals surface area contributed by atoms with Crippen LogP contribution in [0.2, 0.25) is 0 Å². The van der Waals surface area contributed by atoms with Crippen LogP contribution in [-0.4, -0.2) is 22.7 Å². The summed E-state index contributed by atoms with van der Waals surface area (Å²) in [7, 11) is 0. The van der Waals surface area contributed by atoms with E-state index in [1.807, 2.05) is 37.3 Å². The summed E-state index contributed by atoms with van der Waals surface area (Å²) in [6.07, 6.45) is 4.33. The summed E-state index contributed by atoms with van der Waals surface area (Å²) in [4.78, 5) is 16.1. The van der Waals surface area contributed by atoms with Gasteiger partial charge in [0.2, 0.25) is 0 Å². The number of aryl methyl sites for hydroxylation is 2. The number of carboxylic acids is 1. The van der Waals surface area contributed by atoms with Crippen molar-refractivity contribution in [1.29, 1.82) is 0 Å². The molecule has 22 heavy (non-hydrogen) atoms. The lowest BCUT2D eigenvalue weighted by molar-refractivity contribution is 0.0700. The van der Waals surface area contributed by atoms with E-state index in [2.05, 4.69) is 4.98 Å². The van der Waals surface area contributed by atoms with Gasteiger partial charge in [-0.05, 0) is 37.8 Å². The number of nitrogens with zero attached hydrogens (tertiary/aromatic N) is 1. The highest BCUT2D eigenvalue weighted by molar-refractivity contribution is 7.13. The fourth-order valence-corrected chi connectivity index (χ4v) is 3.16. The molecule has 0 bridgehead atoms. The van der Waals surface area contributed by atoms with Crippen LogP contribution in [0.5, 0.6) is 5.75 Å². The van der Waals surface area contributed by atoms with Crippen LogP contribution >= 0.6 is 11.3 Å². The van der Waals surface area contributed by atoms with Crippen LogP contribution in [0, 0.1) is 0 Å². The molecule has 2 aromatic rings. The molecular weight excluding hydrogens is 298 g/mol. The minimum atomic E-state index is -0.861. The molecule has 1 aromatic carbocycles. The van der Waals surface area contributed by atoms with Crippen molar-refractivity contribution in [2.75, 3.05) is 6.61 Å². The first-order chi connectivity index (χ1) is 10.7. The Labute approximate surface area is 134 Å². The number of aromatic carboxylic acids is 1. The van der Waals surface area contributed by atoms with Crippen LogP contribution in [0.25, 0.3) is 0 Å².